The number of nitrogens with zero attached hydrogens (tertiary/aromatic N) is 4. The zero-order chi connectivity index (χ0) is 75.7. The minimum absolute atomic E-state index is 0.00591. The number of carboxylic acids is 1. The average molecular weight is 1480 g/mol. The molecule has 4 aromatic rings. The molecule has 0 radical (unpaired) electrons. The lowest BCUT2D eigenvalue weighted by molar-refractivity contribution is -0.153. The standard InChI is InChI=1S/C43H55F4N3O9S.C33H42F2N2O7/c1-7-24-32-18-25(34(24)30(51)21-42(20-27(42)37(44)45)39(54)50-60(55,56)41(5)14-15-41)35(53)26(40(2,3)4)19-33(52)58-31-16-22(31)10-8-9-13-43(46,47)36-38(59-32)49-29-17-23(57-6)11-12-28(29)48-36;1-6-19-25-15-20(27(19)31(40)41)28(39)21(32(2,3)4)16-26(38)43-24-13-17(24)9-7-8-12-33(34,35)29-30(44-25)37-23-14-18(42-5)10-11-22(23)36-29/h11-12,17,22,24-27,31-32,34,37H,7-10,13-16,18-21H2,1-6H3,(H,50,54);10-11,14,17,19-21,24-25,27H,6-9,12-13,15-16H2,1-5H3,(H,40,41)/t22-,24-,25?,26-,27+,31-,32+,34-,42-;17-,19-,20?,21-,24-,25+,27-/m11/s1. The number of esters is 2. The van der Waals surface area contributed by atoms with E-state index in [4.69, 9.17) is 28.4 Å². The van der Waals surface area contributed by atoms with Crippen LogP contribution in [0, 0.1) is 81.3 Å². The predicted molar refractivity (Wildman–Crippen MR) is 366 cm³/mol. The van der Waals surface area contributed by atoms with Crippen molar-refractivity contribution in [2.75, 3.05) is 14.2 Å². The third-order valence-corrected chi connectivity index (χ3v) is 25.7. The summed E-state index contributed by atoms with van der Waals surface area (Å²) in [4.78, 5) is 115. The Kier molecular flexibility index (Phi) is 22.1. The molecular weight excluding hydrogens is 1380 g/mol. The number of aromatic nitrogens is 4. The van der Waals surface area contributed by atoms with E-state index in [0.717, 1.165) is 0 Å². The number of ether oxygens (including phenoxy) is 6. The number of hydrogen-bond acceptors (Lipinski definition) is 19. The van der Waals surface area contributed by atoms with Crippen LogP contribution in [0.4, 0.5) is 26.3 Å². The molecule has 2 unspecified atom stereocenters. The van der Waals surface area contributed by atoms with E-state index in [1.54, 1.807) is 58.9 Å². The number of fused-ring (bicyclic) bond motifs is 10. The number of sulfonamides is 1. The summed E-state index contributed by atoms with van der Waals surface area (Å²) in [5.74, 6) is -21.3. The summed E-state index contributed by atoms with van der Waals surface area (Å²) in [6, 6.07) is 9.34. The number of carbonyl (C=O) groups is 7. The highest BCUT2D eigenvalue weighted by molar-refractivity contribution is 7.91. The third-order valence-electron chi connectivity index (χ3n) is 23.6. The van der Waals surface area contributed by atoms with Crippen LogP contribution in [0.2, 0.25) is 0 Å². The van der Waals surface area contributed by atoms with Gasteiger partial charge in [-0.2, -0.15) is 17.6 Å². The molecule has 4 bridgehead atoms. The Bertz CT molecular complexity index is 4090. The van der Waals surface area contributed by atoms with Crippen molar-refractivity contribution in [1.29, 1.82) is 0 Å². The van der Waals surface area contributed by atoms with Crippen LogP contribution < -0.4 is 23.7 Å². The third kappa shape index (κ3) is 16.3. The van der Waals surface area contributed by atoms with Crippen molar-refractivity contribution in [3.8, 4) is 23.3 Å². The molecule has 2 aromatic carbocycles. The van der Waals surface area contributed by atoms with Gasteiger partial charge in [0, 0.05) is 78.7 Å². The van der Waals surface area contributed by atoms with Crippen molar-refractivity contribution in [2.24, 2.45) is 81.3 Å². The van der Waals surface area contributed by atoms with E-state index in [2.05, 4.69) is 19.9 Å². The maximum absolute atomic E-state index is 16.4. The molecule has 104 heavy (non-hydrogen) atoms. The number of benzene rings is 2. The number of amides is 1. The number of hydrogen-bond donors (Lipinski definition) is 2. The van der Waals surface area contributed by atoms with Gasteiger partial charge >= 0.3 is 17.9 Å². The maximum atomic E-state index is 16.4. The Morgan fingerprint density at radius 3 is 1.43 bits per heavy atom. The first kappa shape index (κ1) is 77.8. The summed E-state index contributed by atoms with van der Waals surface area (Å²) >= 11 is 0. The van der Waals surface area contributed by atoms with Crippen molar-refractivity contribution in [3.05, 3.63) is 47.8 Å². The second kappa shape index (κ2) is 29.5. The minimum atomic E-state index is -4.26. The molecule has 28 heteroatoms. The fourth-order valence-corrected chi connectivity index (χ4v) is 17.9. The van der Waals surface area contributed by atoms with E-state index in [1.165, 1.54) is 33.3 Å². The zero-order valence-corrected chi connectivity index (χ0v) is 61.7. The van der Waals surface area contributed by atoms with Gasteiger partial charge in [0.25, 0.3) is 11.8 Å². The molecule has 21 nitrogen and oxygen atoms in total. The van der Waals surface area contributed by atoms with Crippen molar-refractivity contribution in [2.45, 2.75) is 238 Å². The lowest BCUT2D eigenvalue weighted by atomic mass is 9.69. The monoisotopic (exact) mass is 1480 g/mol. The van der Waals surface area contributed by atoms with Crippen LogP contribution in [0.5, 0.6) is 23.3 Å². The topological polar surface area (TPSA) is 293 Å². The van der Waals surface area contributed by atoms with Gasteiger partial charge in [-0.15, -0.1) is 0 Å². The molecule has 570 valence electrons. The van der Waals surface area contributed by atoms with Crippen LogP contribution in [0.1, 0.15) is 202 Å². The summed E-state index contributed by atoms with van der Waals surface area (Å²) in [5.41, 5.74) is -3.96. The number of alkyl halides is 6. The number of Topliss-reactive ketones (excluding diaryl/α,β-unsaturated/α-hetero) is 3. The van der Waals surface area contributed by atoms with Crippen LogP contribution in [-0.4, -0.2) is 124 Å². The van der Waals surface area contributed by atoms with Gasteiger partial charge in [0.2, 0.25) is 34.1 Å². The molecule has 4 heterocycles. The molecule has 6 saturated carbocycles. The van der Waals surface area contributed by atoms with Gasteiger partial charge < -0.3 is 33.5 Å². The summed E-state index contributed by atoms with van der Waals surface area (Å²) in [7, 11) is -1.34. The fourth-order valence-electron chi connectivity index (χ4n) is 16.6. The Labute approximate surface area is 601 Å². The highest BCUT2D eigenvalue weighted by atomic mass is 32.2. The molecular formula is C76H97F6N5O16S. The van der Waals surface area contributed by atoms with E-state index < -0.39 is 199 Å². The van der Waals surface area contributed by atoms with E-state index in [1.807, 2.05) is 25.5 Å². The fraction of sp³-hybridized carbons (Fsp3) is 0.697. The Morgan fingerprint density at radius 2 is 1.05 bits per heavy atom. The van der Waals surface area contributed by atoms with Gasteiger partial charge in [0.15, 0.2) is 11.4 Å². The van der Waals surface area contributed by atoms with Crippen LogP contribution >= 0.6 is 0 Å². The molecule has 0 saturated heterocycles. The number of rotatable bonds is 12. The largest absolute Gasteiger partial charge is 0.497 e. The normalized spacial score (nSPS) is 32.0. The van der Waals surface area contributed by atoms with Crippen LogP contribution in [0.15, 0.2) is 36.4 Å². The lowest BCUT2D eigenvalue weighted by Crippen LogP contribution is -2.45. The van der Waals surface area contributed by atoms with Gasteiger partial charge in [0.05, 0.1) is 65.2 Å². The summed E-state index contributed by atoms with van der Waals surface area (Å²) in [5, 5.41) is 10.3. The predicted octanol–water partition coefficient (Wildman–Crippen LogP) is 13.8. The van der Waals surface area contributed by atoms with Crippen molar-refractivity contribution in [3.63, 3.8) is 0 Å². The van der Waals surface area contributed by atoms with E-state index >= 15 is 17.6 Å². The first-order chi connectivity index (χ1) is 48.8. The van der Waals surface area contributed by atoms with Gasteiger partial charge in [-0.3, -0.25) is 38.3 Å². The molecule has 8 aliphatic rings. The number of nitrogens with one attached hydrogen (secondary N) is 1. The Hall–Kier alpha value is -7.26. The molecule has 6 aliphatic carbocycles. The van der Waals surface area contributed by atoms with Crippen LogP contribution in [0.25, 0.3) is 22.1 Å². The van der Waals surface area contributed by atoms with Crippen LogP contribution in [-0.2, 0) is 64.9 Å². The minimum Gasteiger partial charge on any atom is -0.497 e. The molecule has 1 amide bonds. The average Bonchev–Trinajstić information content (AvgIpc) is 1.55. The van der Waals surface area contributed by atoms with Gasteiger partial charge in [-0.05, 0) is 137 Å². The summed E-state index contributed by atoms with van der Waals surface area (Å²) in [6.07, 6.45) is -3.90. The van der Waals surface area contributed by atoms with Gasteiger partial charge in [-0.25, -0.2) is 37.1 Å². The number of carbonyl (C=O) groups excluding carboxylic acids is 6. The SMILES string of the molecule is CC[C@@H]1[C@@H]2CC(C(=O)[C@H](C(C)(C)C)CC(=O)O[C@@H]3C[C@H]3CCCCC(F)(F)c3nc4ccc(OC)cc4nc3O2)[C@@H]1C(=O)C[C@]1(C(=O)NS(=O)(=O)C2(C)CC2)C[C@H]1C(F)F.CC[C@@H]1[C@@H]2CC(C(=O)[C@H](C(C)(C)C)CC(=O)O[C@@H]3C[C@H]3CCCCC(F)(F)c3nc4ccc(OC)cc4nc3O2)[C@@H]1C(=O)O. The number of halogens is 6. The quantitative estimate of drug-likeness (QED) is 0.0984. The molecule has 6 fully saturated rings. The van der Waals surface area contributed by atoms with Crippen molar-refractivity contribution < 1.29 is 102 Å². The highest BCUT2D eigenvalue weighted by Crippen LogP contribution is 2.61. The maximum Gasteiger partial charge on any atom is 0.307 e. The molecule has 16 atom stereocenters. The number of methoxy groups -OCH3 is 2. The second-order valence-electron chi connectivity index (χ2n) is 32.8. The van der Waals surface area contributed by atoms with Gasteiger partial charge in [-0.1, -0.05) is 68.2 Å². The Morgan fingerprint density at radius 1 is 0.615 bits per heavy atom. The first-order valence-corrected chi connectivity index (χ1v) is 38.1. The lowest BCUT2D eigenvalue weighted by Gasteiger charge is -2.33. The van der Waals surface area contributed by atoms with Crippen molar-refractivity contribution in [1.82, 2.24) is 24.7 Å². The molecule has 2 N–H and O–H groups in total. The smallest absolute Gasteiger partial charge is 0.307 e. The number of ketones is 3. The van der Waals surface area contributed by atoms with Crippen LogP contribution in [0.3, 0.4) is 0 Å². The molecule has 2 aliphatic heterocycles. The summed E-state index contributed by atoms with van der Waals surface area (Å²) in [6.45, 7) is 15.8. The van der Waals surface area contributed by atoms with Crippen molar-refractivity contribution >= 4 is 73.3 Å². The first-order valence-electron chi connectivity index (χ1n) is 36.7. The molecule has 2 aromatic heterocycles. The zero-order valence-electron chi connectivity index (χ0n) is 60.9. The van der Waals surface area contributed by atoms with Gasteiger partial charge in [0.1, 0.15) is 53.3 Å². The number of carboxylic acid groups (broad SMARTS) is 1. The highest BCUT2D eigenvalue weighted by Gasteiger charge is 2.68. The van der Waals surface area contributed by atoms with E-state index in [-0.39, 0.29) is 104 Å². The number of aliphatic carboxylic acids is 1. The summed E-state index contributed by atoms with van der Waals surface area (Å²) < 4.78 is 155. The second-order valence-corrected chi connectivity index (χ2v) is 35.0. The molecule has 12 rings (SSSR count). The molecule has 0 spiro atoms. The van der Waals surface area contributed by atoms with E-state index in [9.17, 15) is 55.9 Å². The van der Waals surface area contributed by atoms with E-state index in [0.29, 0.717) is 62.0 Å². The Balaban J connectivity index is 0.000000218.